The molecule has 4 aromatic carbocycles. The summed E-state index contributed by atoms with van der Waals surface area (Å²) in [6.07, 6.45) is 2.63. The van der Waals surface area contributed by atoms with Gasteiger partial charge in [0.15, 0.2) is 23.1 Å². The van der Waals surface area contributed by atoms with Gasteiger partial charge < -0.3 is 25.0 Å². The molecule has 8 rings (SSSR count). The molecule has 9 heteroatoms. The third kappa shape index (κ3) is 7.79. The van der Waals surface area contributed by atoms with Crippen LogP contribution in [0.15, 0.2) is 128 Å². The maximum Gasteiger partial charge on any atom is 0.162 e. The quantitative estimate of drug-likeness (QED) is 0.0653. The minimum absolute atomic E-state index is 0.0721. The topological polar surface area (TPSA) is 152 Å². The van der Waals surface area contributed by atoms with Crippen molar-refractivity contribution in [3.05, 3.63) is 190 Å². The number of aromatic amines is 4. The second-order valence-electron chi connectivity index (χ2n) is 15.4. The lowest BCUT2D eigenvalue weighted by Gasteiger charge is -2.09. The third-order valence-electron chi connectivity index (χ3n) is 11.3. The second-order valence-corrected chi connectivity index (χ2v) is 15.4. The van der Waals surface area contributed by atoms with Gasteiger partial charge in [0.05, 0.1) is 12.3 Å². The van der Waals surface area contributed by atoms with Gasteiger partial charge in [0.2, 0.25) is 0 Å². The first-order valence-corrected chi connectivity index (χ1v) is 20.3. The van der Waals surface area contributed by atoms with Crippen molar-refractivity contribution in [2.24, 2.45) is 0 Å². The van der Waals surface area contributed by atoms with Crippen LogP contribution in [-0.2, 0) is 25.9 Å². The molecule has 5 N–H and O–H groups in total. The summed E-state index contributed by atoms with van der Waals surface area (Å²) in [5.74, 6) is -0.544. The molecule has 304 valence electrons. The largest absolute Gasteiger partial charge is 0.390 e. The van der Waals surface area contributed by atoms with E-state index in [2.05, 4.69) is 19.9 Å². The number of rotatable bonds is 15. The number of Topliss-reactive ketones (excluding diaryl/α,β-unsaturated/α-hetero) is 4. The van der Waals surface area contributed by atoms with Crippen LogP contribution in [0.4, 0.5) is 0 Å². The van der Waals surface area contributed by atoms with Crippen LogP contribution in [0, 0.1) is 0 Å². The van der Waals surface area contributed by atoms with Crippen LogP contribution in [-0.4, -0.2) is 48.2 Å². The molecule has 8 aromatic rings. The van der Waals surface area contributed by atoms with Crippen LogP contribution < -0.4 is 0 Å². The highest BCUT2D eigenvalue weighted by atomic mass is 16.3. The summed E-state index contributed by atoms with van der Waals surface area (Å²) in [5, 5.41) is 10.4. The van der Waals surface area contributed by atoms with E-state index in [9.17, 15) is 24.3 Å². The van der Waals surface area contributed by atoms with Crippen molar-refractivity contribution in [2.75, 3.05) is 0 Å². The van der Waals surface area contributed by atoms with Crippen LogP contribution in [0.1, 0.15) is 109 Å². The Balaban J connectivity index is 1.31. The van der Waals surface area contributed by atoms with Crippen LogP contribution in [0.5, 0.6) is 0 Å². The number of aliphatic hydroxyl groups excluding tert-OH is 1. The highest BCUT2D eigenvalue weighted by Gasteiger charge is 2.30. The maximum absolute atomic E-state index is 13.9. The predicted octanol–water partition coefficient (Wildman–Crippen LogP) is 10.7. The third-order valence-corrected chi connectivity index (χ3v) is 11.3. The average Bonchev–Trinajstić information content (AvgIpc) is 4.04. The molecule has 4 aromatic heterocycles. The average molecular weight is 807 g/mol. The molecule has 0 fully saturated rings. The Morgan fingerprint density at radius 1 is 0.393 bits per heavy atom. The molecule has 0 spiro atoms. The summed E-state index contributed by atoms with van der Waals surface area (Å²) in [4.78, 5) is 68.3. The predicted molar refractivity (Wildman–Crippen MR) is 239 cm³/mol. The number of H-pyrrole nitrogens is 4. The zero-order valence-electron chi connectivity index (χ0n) is 34.5. The molecule has 0 aliphatic heterocycles. The van der Waals surface area contributed by atoms with Gasteiger partial charge in [0.1, 0.15) is 0 Å². The number of nitrogens with one attached hydrogen (secondary N) is 4. The second kappa shape index (κ2) is 17.1. The molecule has 0 amide bonds. The van der Waals surface area contributed by atoms with E-state index in [0.717, 1.165) is 50.5 Å². The number of aliphatic hydroxyl groups is 1. The van der Waals surface area contributed by atoms with Crippen molar-refractivity contribution in [3.63, 3.8) is 0 Å². The summed E-state index contributed by atoms with van der Waals surface area (Å²) in [5.41, 5.74) is 13.0. The maximum atomic E-state index is 13.9. The number of hydrogen-bond acceptors (Lipinski definition) is 5. The van der Waals surface area contributed by atoms with Crippen molar-refractivity contribution in [1.29, 1.82) is 0 Å². The van der Waals surface area contributed by atoms with Gasteiger partial charge in [-0.15, -0.1) is 0 Å². The summed E-state index contributed by atoms with van der Waals surface area (Å²) in [6, 6.07) is 38.8. The lowest BCUT2D eigenvalue weighted by Crippen LogP contribution is -2.02. The Morgan fingerprint density at radius 2 is 0.705 bits per heavy atom. The highest BCUT2D eigenvalue weighted by Crippen LogP contribution is 2.40. The molecule has 0 radical (unpaired) electrons. The fourth-order valence-electron chi connectivity index (χ4n) is 8.93. The summed E-state index contributed by atoms with van der Waals surface area (Å²) in [7, 11) is 0. The Labute approximate surface area is 353 Å². The number of ketones is 4. The number of carbonyl (C=O) groups excluding carboxylic acids is 4. The van der Waals surface area contributed by atoms with Gasteiger partial charge in [-0.25, -0.2) is 0 Å². The molecule has 0 atom stereocenters. The standard InChI is InChI=1S/C52H46N4O5/c1-30(58)46-38(34-17-9-5-10-18-34)28-53-39(46)25-42-50(35-19-11-6-12-20-35)47(31(2)59)40(54-42)26-43-51(36-21-13-7-14-22-36)48(32(3)60)41(55-43)27-44-52(37-23-15-8-16-24-37)49(33(4)61)45(29-57)56-44/h5-24,28,53-57H,25-27,29H2,1-4H3. The first-order chi connectivity index (χ1) is 29.5. The van der Waals surface area contributed by atoms with E-state index in [1.807, 2.05) is 128 Å². The van der Waals surface area contributed by atoms with Gasteiger partial charge in [0.25, 0.3) is 0 Å². The summed E-state index contributed by atoms with van der Waals surface area (Å²) in [6.45, 7) is 5.80. The molecular weight excluding hydrogens is 761 g/mol. The molecule has 0 bridgehead atoms. The molecule has 4 heterocycles. The Hall–Kier alpha value is -7.36. The zero-order valence-corrected chi connectivity index (χ0v) is 34.5. The van der Waals surface area contributed by atoms with E-state index in [-0.39, 0.29) is 42.6 Å². The van der Waals surface area contributed by atoms with Gasteiger partial charge in [-0.3, -0.25) is 19.2 Å². The van der Waals surface area contributed by atoms with E-state index in [1.54, 1.807) is 20.8 Å². The smallest absolute Gasteiger partial charge is 0.162 e. The minimum atomic E-state index is -0.365. The molecule has 9 nitrogen and oxygen atoms in total. The fraction of sp³-hybridized carbons (Fsp3) is 0.154. The van der Waals surface area contributed by atoms with Gasteiger partial charge in [0, 0.05) is 104 Å². The van der Waals surface area contributed by atoms with E-state index in [0.29, 0.717) is 62.6 Å². The van der Waals surface area contributed by atoms with Crippen molar-refractivity contribution < 1.29 is 24.3 Å². The van der Waals surface area contributed by atoms with Crippen LogP contribution in [0.2, 0.25) is 0 Å². The highest BCUT2D eigenvalue weighted by molar-refractivity contribution is 6.06. The Morgan fingerprint density at radius 3 is 1.05 bits per heavy atom. The number of benzene rings is 4. The fourth-order valence-corrected chi connectivity index (χ4v) is 8.93. The van der Waals surface area contributed by atoms with Gasteiger partial charge in [-0.1, -0.05) is 121 Å². The van der Waals surface area contributed by atoms with Crippen molar-refractivity contribution in [2.45, 2.75) is 53.6 Å². The van der Waals surface area contributed by atoms with E-state index < -0.39 is 0 Å². The van der Waals surface area contributed by atoms with E-state index in [4.69, 9.17) is 0 Å². The normalized spacial score (nSPS) is 11.2. The summed E-state index contributed by atoms with van der Waals surface area (Å²) < 4.78 is 0. The SMILES string of the molecule is CC(=O)c1c(-c2ccccc2)c[nH]c1Cc1[nH]c(Cc2[nH]c(Cc3[nH]c(CO)c(C(C)=O)c3-c3ccccc3)c(C(C)=O)c2-c2ccccc2)c(C(C)=O)c1-c1ccccc1. The summed E-state index contributed by atoms with van der Waals surface area (Å²) >= 11 is 0. The van der Waals surface area contributed by atoms with Crippen molar-refractivity contribution >= 4 is 23.1 Å². The number of aromatic nitrogens is 4. The first-order valence-electron chi connectivity index (χ1n) is 20.3. The Kier molecular flexibility index (Phi) is 11.3. The molecule has 0 unspecified atom stereocenters. The number of carbonyl (C=O) groups is 4. The van der Waals surface area contributed by atoms with Crippen LogP contribution >= 0.6 is 0 Å². The van der Waals surface area contributed by atoms with Crippen molar-refractivity contribution in [3.8, 4) is 44.5 Å². The van der Waals surface area contributed by atoms with Gasteiger partial charge >= 0.3 is 0 Å². The minimum Gasteiger partial charge on any atom is -0.390 e. The lowest BCUT2D eigenvalue weighted by molar-refractivity contribution is 0.100. The molecule has 61 heavy (non-hydrogen) atoms. The zero-order chi connectivity index (χ0) is 42.8. The molecule has 0 saturated heterocycles. The molecule has 0 aliphatic rings. The molecule has 0 saturated carbocycles. The molecule has 0 aliphatic carbocycles. The van der Waals surface area contributed by atoms with Crippen LogP contribution in [0.25, 0.3) is 44.5 Å². The van der Waals surface area contributed by atoms with Crippen molar-refractivity contribution in [1.82, 2.24) is 19.9 Å². The monoisotopic (exact) mass is 806 g/mol. The van der Waals surface area contributed by atoms with Crippen LogP contribution in [0.3, 0.4) is 0 Å². The van der Waals surface area contributed by atoms with Gasteiger partial charge in [-0.05, 0) is 49.9 Å². The van der Waals surface area contributed by atoms with E-state index >= 15 is 0 Å². The molecular formula is C52H46N4O5. The lowest BCUT2D eigenvalue weighted by atomic mass is 9.92. The first kappa shape index (κ1) is 40.4. The van der Waals surface area contributed by atoms with Gasteiger partial charge in [-0.2, -0.15) is 0 Å². The van der Waals surface area contributed by atoms with E-state index in [1.165, 1.54) is 6.92 Å². The Bertz CT molecular complexity index is 2910. The number of hydrogen-bond donors (Lipinski definition) is 5.